The van der Waals surface area contributed by atoms with Crippen LogP contribution in [0.1, 0.15) is 49.0 Å². The van der Waals surface area contributed by atoms with Crippen LogP contribution in [-0.2, 0) is 4.74 Å². The van der Waals surface area contributed by atoms with E-state index in [1.165, 1.54) is 0 Å². The fraction of sp³-hybridized carbons (Fsp3) is 0.500. The highest BCUT2D eigenvalue weighted by atomic mass is 16.6. The maximum absolute atomic E-state index is 12.4. The zero-order chi connectivity index (χ0) is 15.2. The number of hydrogen-bond donors (Lipinski definition) is 1. The lowest BCUT2D eigenvalue weighted by Crippen LogP contribution is -2.36. The van der Waals surface area contributed by atoms with Gasteiger partial charge in [-0.25, -0.2) is 4.79 Å². The van der Waals surface area contributed by atoms with Crippen molar-refractivity contribution < 1.29 is 14.3 Å². The molecule has 1 unspecified atom stereocenters. The highest BCUT2D eigenvalue weighted by Gasteiger charge is 2.38. The number of rotatable bonds is 0. The van der Waals surface area contributed by atoms with E-state index in [0.29, 0.717) is 18.7 Å². The van der Waals surface area contributed by atoms with Gasteiger partial charge in [0.25, 0.3) is 5.91 Å². The van der Waals surface area contributed by atoms with E-state index >= 15 is 0 Å². The molecule has 1 N–H and O–H groups in total. The van der Waals surface area contributed by atoms with Gasteiger partial charge in [0.15, 0.2) is 0 Å². The summed E-state index contributed by atoms with van der Waals surface area (Å²) in [6, 6.07) is 5.53. The summed E-state index contributed by atoms with van der Waals surface area (Å²) in [6.45, 7) is 6.78. The van der Waals surface area contributed by atoms with Crippen LogP contribution in [0.15, 0.2) is 18.2 Å². The summed E-state index contributed by atoms with van der Waals surface area (Å²) in [6.07, 6.45) is 0.499. The molecular formula is C16H20N2O3. The van der Waals surface area contributed by atoms with Crippen molar-refractivity contribution in [1.29, 1.82) is 0 Å². The Balaban J connectivity index is 1.99. The van der Waals surface area contributed by atoms with Crippen LogP contribution in [-0.4, -0.2) is 30.7 Å². The van der Waals surface area contributed by atoms with Crippen LogP contribution in [0.3, 0.4) is 0 Å². The lowest BCUT2D eigenvalue weighted by Gasteiger charge is -2.25. The Morgan fingerprint density at radius 3 is 2.86 bits per heavy atom. The van der Waals surface area contributed by atoms with Gasteiger partial charge in [-0.1, -0.05) is 6.07 Å². The van der Waals surface area contributed by atoms with Crippen LogP contribution in [0.4, 0.5) is 10.5 Å². The van der Waals surface area contributed by atoms with Gasteiger partial charge in [-0.15, -0.1) is 0 Å². The van der Waals surface area contributed by atoms with Gasteiger partial charge in [0.2, 0.25) is 0 Å². The number of benzene rings is 1. The minimum Gasteiger partial charge on any atom is -0.443 e. The molecule has 112 valence electrons. The van der Waals surface area contributed by atoms with E-state index in [2.05, 4.69) is 5.32 Å². The Kier molecular flexibility index (Phi) is 3.15. The Morgan fingerprint density at radius 1 is 1.38 bits per heavy atom. The Morgan fingerprint density at radius 2 is 2.14 bits per heavy atom. The van der Waals surface area contributed by atoms with E-state index in [1.54, 1.807) is 4.90 Å². The van der Waals surface area contributed by atoms with E-state index in [1.807, 2.05) is 39.0 Å². The quantitative estimate of drug-likeness (QED) is 0.798. The zero-order valence-electron chi connectivity index (χ0n) is 12.6. The first-order valence-corrected chi connectivity index (χ1v) is 7.28. The van der Waals surface area contributed by atoms with Crippen molar-refractivity contribution in [3.63, 3.8) is 0 Å². The highest BCUT2D eigenvalue weighted by molar-refractivity contribution is 6.01. The van der Waals surface area contributed by atoms with Gasteiger partial charge in [-0.05, 0) is 44.9 Å². The van der Waals surface area contributed by atoms with E-state index in [-0.39, 0.29) is 17.9 Å². The number of anilines is 1. The molecule has 2 heterocycles. The normalized spacial score (nSPS) is 20.6. The number of ether oxygens (including phenoxy) is 1. The first-order valence-electron chi connectivity index (χ1n) is 7.28. The number of carbonyl (C=O) groups excluding carboxylic acids is 2. The molecular weight excluding hydrogens is 268 g/mol. The average Bonchev–Trinajstić information content (AvgIpc) is 2.67. The van der Waals surface area contributed by atoms with Crippen LogP contribution < -0.4 is 10.2 Å². The third kappa shape index (κ3) is 2.48. The molecule has 0 spiro atoms. The number of nitrogens with zero attached hydrogens (tertiary/aromatic N) is 1. The highest BCUT2D eigenvalue weighted by Crippen LogP contribution is 2.41. The zero-order valence-corrected chi connectivity index (χ0v) is 12.6. The van der Waals surface area contributed by atoms with Gasteiger partial charge in [-0.3, -0.25) is 9.69 Å². The van der Waals surface area contributed by atoms with E-state index in [9.17, 15) is 9.59 Å². The molecule has 0 aliphatic carbocycles. The maximum atomic E-state index is 12.4. The molecule has 5 heteroatoms. The molecule has 0 radical (unpaired) electrons. The molecule has 2 amide bonds. The fourth-order valence-electron chi connectivity index (χ4n) is 3.01. The summed E-state index contributed by atoms with van der Waals surface area (Å²) >= 11 is 0. The lowest BCUT2D eigenvalue weighted by atomic mass is 9.94. The first kappa shape index (κ1) is 13.9. The molecule has 0 fully saturated rings. The second-order valence-corrected chi connectivity index (χ2v) is 6.57. The van der Waals surface area contributed by atoms with Gasteiger partial charge < -0.3 is 10.1 Å². The standard InChI is InChI=1S/C16H20N2O3/c1-16(2,3)21-15(20)18-9-10-7-8-17-14(19)11-5-4-6-12(18)13(10)11/h4-6,10H,7-9H2,1-3H3,(H,17,19). The molecule has 2 aliphatic heterocycles. The number of amides is 2. The molecule has 0 saturated carbocycles. The monoisotopic (exact) mass is 288 g/mol. The summed E-state index contributed by atoms with van der Waals surface area (Å²) in [4.78, 5) is 26.1. The summed E-state index contributed by atoms with van der Waals surface area (Å²) < 4.78 is 5.48. The maximum Gasteiger partial charge on any atom is 0.414 e. The third-order valence-electron chi connectivity index (χ3n) is 3.82. The summed E-state index contributed by atoms with van der Waals surface area (Å²) in [5.41, 5.74) is 1.95. The predicted molar refractivity (Wildman–Crippen MR) is 79.7 cm³/mol. The van der Waals surface area contributed by atoms with Gasteiger partial charge in [-0.2, -0.15) is 0 Å². The fourth-order valence-corrected chi connectivity index (χ4v) is 3.01. The predicted octanol–water partition coefficient (Wildman–Crippen LogP) is 2.66. The van der Waals surface area contributed by atoms with Crippen molar-refractivity contribution in [2.45, 2.75) is 38.7 Å². The van der Waals surface area contributed by atoms with Crippen LogP contribution >= 0.6 is 0 Å². The van der Waals surface area contributed by atoms with Gasteiger partial charge >= 0.3 is 6.09 Å². The second-order valence-electron chi connectivity index (χ2n) is 6.57. The van der Waals surface area contributed by atoms with Crippen LogP contribution in [0.5, 0.6) is 0 Å². The van der Waals surface area contributed by atoms with E-state index in [4.69, 9.17) is 4.74 Å². The largest absolute Gasteiger partial charge is 0.443 e. The third-order valence-corrected chi connectivity index (χ3v) is 3.82. The van der Waals surface area contributed by atoms with Crippen LogP contribution in [0.25, 0.3) is 0 Å². The second kappa shape index (κ2) is 4.76. The molecule has 21 heavy (non-hydrogen) atoms. The lowest BCUT2D eigenvalue weighted by molar-refractivity contribution is 0.0581. The smallest absolute Gasteiger partial charge is 0.414 e. The number of carbonyl (C=O) groups is 2. The number of hydrogen-bond acceptors (Lipinski definition) is 3. The minimum atomic E-state index is -0.526. The van der Waals surface area contributed by atoms with Crippen molar-refractivity contribution in [2.24, 2.45) is 0 Å². The summed E-state index contributed by atoms with van der Waals surface area (Å²) in [5.74, 6) is 0.142. The molecule has 0 saturated heterocycles. The van der Waals surface area contributed by atoms with Crippen LogP contribution in [0.2, 0.25) is 0 Å². The average molecular weight is 288 g/mol. The molecule has 3 rings (SSSR count). The molecule has 0 bridgehead atoms. The summed E-state index contributed by atoms with van der Waals surface area (Å²) in [7, 11) is 0. The van der Waals surface area contributed by atoms with Crippen molar-refractivity contribution in [1.82, 2.24) is 5.32 Å². The van der Waals surface area contributed by atoms with Gasteiger partial charge in [0.1, 0.15) is 5.60 Å². The van der Waals surface area contributed by atoms with Crippen molar-refractivity contribution in [2.75, 3.05) is 18.0 Å². The topological polar surface area (TPSA) is 58.6 Å². The summed E-state index contributed by atoms with van der Waals surface area (Å²) in [5, 5.41) is 2.90. The van der Waals surface area contributed by atoms with E-state index < -0.39 is 5.60 Å². The minimum absolute atomic E-state index is 0.0552. The van der Waals surface area contributed by atoms with Crippen molar-refractivity contribution in [3.05, 3.63) is 29.3 Å². The molecule has 0 aromatic heterocycles. The Labute approximate surface area is 124 Å². The molecule has 1 atom stereocenters. The Hall–Kier alpha value is -2.04. The van der Waals surface area contributed by atoms with E-state index in [0.717, 1.165) is 17.7 Å². The van der Waals surface area contributed by atoms with Crippen molar-refractivity contribution in [3.8, 4) is 0 Å². The molecule has 1 aromatic carbocycles. The van der Waals surface area contributed by atoms with Gasteiger partial charge in [0, 0.05) is 24.6 Å². The number of nitrogens with one attached hydrogen (secondary N) is 1. The van der Waals surface area contributed by atoms with Crippen molar-refractivity contribution >= 4 is 17.7 Å². The van der Waals surface area contributed by atoms with Gasteiger partial charge in [0.05, 0.1) is 5.69 Å². The SMILES string of the molecule is CC(C)(C)OC(=O)N1CC2CCNC(=O)c3cccc1c32. The molecule has 1 aromatic rings. The molecule has 5 nitrogen and oxygen atoms in total. The first-order chi connectivity index (χ1) is 9.87. The van der Waals surface area contributed by atoms with Crippen LogP contribution in [0, 0.1) is 0 Å². The Bertz CT molecular complexity index is 604. The molecule has 2 aliphatic rings.